The molecule has 1 aromatic rings. The van der Waals surface area contributed by atoms with Gasteiger partial charge in [0.25, 0.3) is 0 Å². The Labute approximate surface area is 114 Å². The summed E-state index contributed by atoms with van der Waals surface area (Å²) in [4.78, 5) is 0. The largest absolute Gasteiger partial charge is 0.385 e. The smallest absolute Gasteiger partial charge is 0.129 e. The predicted molar refractivity (Wildman–Crippen MR) is 73.2 cm³/mol. The van der Waals surface area contributed by atoms with Crippen molar-refractivity contribution in [1.82, 2.24) is 5.32 Å². The van der Waals surface area contributed by atoms with Crippen molar-refractivity contribution in [2.24, 2.45) is 5.92 Å². The van der Waals surface area contributed by atoms with Crippen molar-refractivity contribution < 1.29 is 13.5 Å². The number of hydrogen-bond donors (Lipinski definition) is 1. The number of ether oxygens (including phenoxy) is 1. The lowest BCUT2D eigenvalue weighted by molar-refractivity contribution is 0.170. The van der Waals surface area contributed by atoms with E-state index in [2.05, 4.69) is 12.2 Å². The molecule has 1 aromatic carbocycles. The van der Waals surface area contributed by atoms with Gasteiger partial charge >= 0.3 is 0 Å². The zero-order chi connectivity index (χ0) is 14.3. The quantitative estimate of drug-likeness (QED) is 0.784. The van der Waals surface area contributed by atoms with Gasteiger partial charge in [0.05, 0.1) is 0 Å². The van der Waals surface area contributed by atoms with Gasteiger partial charge in [0.1, 0.15) is 11.6 Å². The molecule has 0 spiro atoms. The van der Waals surface area contributed by atoms with Crippen molar-refractivity contribution in [2.45, 2.75) is 32.7 Å². The minimum absolute atomic E-state index is 0.167. The lowest BCUT2D eigenvalue weighted by Gasteiger charge is -2.25. The van der Waals surface area contributed by atoms with E-state index in [1.165, 1.54) is 12.1 Å². The minimum atomic E-state index is -0.534. The highest BCUT2D eigenvalue weighted by molar-refractivity contribution is 5.19. The zero-order valence-electron chi connectivity index (χ0n) is 11.9. The molecule has 0 saturated heterocycles. The Morgan fingerprint density at radius 2 is 2.05 bits per heavy atom. The van der Waals surface area contributed by atoms with E-state index in [9.17, 15) is 8.78 Å². The molecule has 4 heteroatoms. The van der Waals surface area contributed by atoms with Crippen LogP contribution in [0.3, 0.4) is 0 Å². The zero-order valence-corrected chi connectivity index (χ0v) is 11.9. The van der Waals surface area contributed by atoms with E-state index in [0.717, 1.165) is 19.0 Å². The maximum Gasteiger partial charge on any atom is 0.129 e. The van der Waals surface area contributed by atoms with Crippen molar-refractivity contribution in [2.75, 3.05) is 20.3 Å². The maximum atomic E-state index is 13.7. The molecular formula is C15H23F2NO. The number of likely N-dealkylation sites (N-methyl/N-ethyl adjacent to an activating group) is 1. The molecule has 0 bridgehead atoms. The highest BCUT2D eigenvalue weighted by atomic mass is 19.1. The molecule has 1 N–H and O–H groups in total. The van der Waals surface area contributed by atoms with E-state index in [4.69, 9.17) is 4.74 Å². The average molecular weight is 271 g/mol. The Bertz CT molecular complexity index is 384. The lowest BCUT2D eigenvalue weighted by Crippen LogP contribution is -2.37. The van der Waals surface area contributed by atoms with Crippen molar-refractivity contribution in [3.63, 3.8) is 0 Å². The third-order valence-corrected chi connectivity index (χ3v) is 3.39. The van der Waals surface area contributed by atoms with Crippen LogP contribution in [0, 0.1) is 17.6 Å². The van der Waals surface area contributed by atoms with Gasteiger partial charge in [0, 0.05) is 25.8 Å². The summed E-state index contributed by atoms with van der Waals surface area (Å²) >= 11 is 0. The molecular weight excluding hydrogens is 248 g/mol. The molecule has 19 heavy (non-hydrogen) atoms. The molecule has 2 nitrogen and oxygen atoms in total. The van der Waals surface area contributed by atoms with Gasteiger partial charge in [-0.25, -0.2) is 8.78 Å². The summed E-state index contributed by atoms with van der Waals surface area (Å²) < 4.78 is 31.6. The molecule has 0 heterocycles. The van der Waals surface area contributed by atoms with Gasteiger partial charge in [-0.05, 0) is 36.9 Å². The van der Waals surface area contributed by atoms with Crippen LogP contribution in [0.2, 0.25) is 0 Å². The molecule has 0 saturated carbocycles. The number of nitrogens with one attached hydrogen (secondary N) is 1. The van der Waals surface area contributed by atoms with Crippen LogP contribution in [0.1, 0.15) is 25.8 Å². The molecule has 0 aliphatic heterocycles. The molecule has 2 unspecified atom stereocenters. The summed E-state index contributed by atoms with van der Waals surface area (Å²) in [5, 5.41) is 3.37. The summed E-state index contributed by atoms with van der Waals surface area (Å²) in [5.74, 6) is -0.639. The first-order chi connectivity index (χ1) is 9.08. The van der Waals surface area contributed by atoms with E-state index in [1.807, 2.05) is 6.92 Å². The van der Waals surface area contributed by atoms with Gasteiger partial charge in [0.15, 0.2) is 0 Å². The van der Waals surface area contributed by atoms with Crippen LogP contribution in [0.15, 0.2) is 18.2 Å². The van der Waals surface area contributed by atoms with Gasteiger partial charge in [0.2, 0.25) is 0 Å². The second-order valence-corrected chi connectivity index (χ2v) is 4.86. The number of rotatable bonds is 8. The molecule has 0 aliphatic carbocycles. The van der Waals surface area contributed by atoms with E-state index >= 15 is 0 Å². The summed E-state index contributed by atoms with van der Waals surface area (Å²) in [6, 6.07) is 3.94. The van der Waals surface area contributed by atoms with Crippen LogP contribution in [0.25, 0.3) is 0 Å². The van der Waals surface area contributed by atoms with Crippen molar-refractivity contribution >= 4 is 0 Å². The van der Waals surface area contributed by atoms with E-state index in [0.29, 0.717) is 24.5 Å². The first kappa shape index (κ1) is 16.1. The number of halogens is 2. The topological polar surface area (TPSA) is 21.3 Å². The molecule has 108 valence electrons. The number of benzene rings is 1. The Balaban J connectivity index is 2.71. The maximum absolute atomic E-state index is 13.7. The van der Waals surface area contributed by atoms with E-state index in [-0.39, 0.29) is 6.04 Å². The summed E-state index contributed by atoms with van der Waals surface area (Å²) in [7, 11) is 1.68. The third kappa shape index (κ3) is 5.25. The molecule has 0 radical (unpaired) electrons. The minimum Gasteiger partial charge on any atom is -0.385 e. The number of methoxy groups -OCH3 is 1. The van der Waals surface area contributed by atoms with E-state index < -0.39 is 11.6 Å². The van der Waals surface area contributed by atoms with Crippen molar-refractivity contribution in [1.29, 1.82) is 0 Å². The normalized spacial score (nSPS) is 14.4. The third-order valence-electron chi connectivity index (χ3n) is 3.39. The Morgan fingerprint density at radius 3 is 2.63 bits per heavy atom. The van der Waals surface area contributed by atoms with Crippen molar-refractivity contribution in [3.8, 4) is 0 Å². The fraction of sp³-hybridized carbons (Fsp3) is 0.600. The van der Waals surface area contributed by atoms with Crippen LogP contribution < -0.4 is 5.32 Å². The molecule has 0 aliphatic rings. The van der Waals surface area contributed by atoms with Crippen LogP contribution in [-0.2, 0) is 11.2 Å². The fourth-order valence-corrected chi connectivity index (χ4v) is 2.17. The average Bonchev–Trinajstić information content (AvgIpc) is 2.38. The van der Waals surface area contributed by atoms with E-state index in [1.54, 1.807) is 7.11 Å². The summed E-state index contributed by atoms with van der Waals surface area (Å²) in [6.07, 6.45) is 1.47. The lowest BCUT2D eigenvalue weighted by atomic mass is 9.92. The van der Waals surface area contributed by atoms with Gasteiger partial charge in [-0.1, -0.05) is 19.9 Å². The van der Waals surface area contributed by atoms with Gasteiger partial charge < -0.3 is 10.1 Å². The molecule has 0 fully saturated rings. The highest BCUT2D eigenvalue weighted by Gasteiger charge is 2.18. The van der Waals surface area contributed by atoms with Gasteiger partial charge in [-0.2, -0.15) is 0 Å². The van der Waals surface area contributed by atoms with Crippen LogP contribution in [-0.4, -0.2) is 26.3 Å². The van der Waals surface area contributed by atoms with Crippen LogP contribution in [0.5, 0.6) is 0 Å². The first-order valence-electron chi connectivity index (χ1n) is 6.74. The monoisotopic (exact) mass is 271 g/mol. The Morgan fingerprint density at radius 1 is 1.32 bits per heavy atom. The summed E-state index contributed by atoms with van der Waals surface area (Å²) in [6.45, 7) is 5.66. The standard InChI is InChI=1S/C15H23F2NO/c1-4-18-15(11(2)7-8-19-3)9-12-5-6-13(16)10-14(12)17/h5-6,10-11,15,18H,4,7-9H2,1-3H3. The Kier molecular flexibility index (Phi) is 6.95. The molecule has 0 aromatic heterocycles. The van der Waals surface area contributed by atoms with Crippen LogP contribution in [0.4, 0.5) is 8.78 Å². The fourth-order valence-electron chi connectivity index (χ4n) is 2.17. The van der Waals surface area contributed by atoms with Gasteiger partial charge in [-0.15, -0.1) is 0 Å². The van der Waals surface area contributed by atoms with Gasteiger partial charge in [-0.3, -0.25) is 0 Å². The predicted octanol–water partition coefficient (Wildman–Crippen LogP) is 3.16. The number of hydrogen-bond acceptors (Lipinski definition) is 2. The van der Waals surface area contributed by atoms with Crippen LogP contribution >= 0.6 is 0 Å². The second kappa shape index (κ2) is 8.23. The highest BCUT2D eigenvalue weighted by Crippen LogP contribution is 2.17. The second-order valence-electron chi connectivity index (χ2n) is 4.86. The van der Waals surface area contributed by atoms with Crippen molar-refractivity contribution in [3.05, 3.63) is 35.4 Å². The molecule has 2 atom stereocenters. The first-order valence-corrected chi connectivity index (χ1v) is 6.74. The Hall–Kier alpha value is -1.00. The summed E-state index contributed by atoms with van der Waals surface area (Å²) in [5.41, 5.74) is 0.552. The SMILES string of the molecule is CCNC(Cc1ccc(F)cc1F)C(C)CCOC. The molecule has 1 rings (SSSR count). The molecule has 0 amide bonds.